The Balaban J connectivity index is 2.25. The number of nitrogens with zero attached hydrogens (tertiary/aromatic N) is 1. The Morgan fingerprint density at radius 1 is 1.36 bits per heavy atom. The van der Waals surface area contributed by atoms with Gasteiger partial charge in [0.05, 0.1) is 12.7 Å². The Hall–Kier alpha value is -2.26. The minimum Gasteiger partial charge on any atom is -0.374 e. The fraction of sp³-hybridized carbons (Fsp3) is 0.375. The predicted molar refractivity (Wildman–Crippen MR) is 87.0 cm³/mol. The van der Waals surface area contributed by atoms with Crippen molar-refractivity contribution in [3.63, 3.8) is 0 Å². The second-order valence-electron chi connectivity index (χ2n) is 5.75. The van der Waals surface area contributed by atoms with E-state index < -0.39 is 21.7 Å². The summed E-state index contributed by atoms with van der Waals surface area (Å²) >= 11 is 0. The Kier molecular flexibility index (Phi) is 5.58. The van der Waals surface area contributed by atoms with E-state index in [4.69, 9.17) is 9.26 Å². The number of sulfonamides is 1. The Morgan fingerprint density at radius 2 is 2.04 bits per heavy atom. The SMILES string of the molecule is Cc1noc(C)c1S(=O)(=O)NC(=O)c1ccc(F)c(COC(C)C)c1. The molecule has 0 bridgehead atoms. The lowest BCUT2D eigenvalue weighted by molar-refractivity contribution is 0.0639. The molecule has 0 spiro atoms. The highest BCUT2D eigenvalue weighted by atomic mass is 32.2. The quantitative estimate of drug-likeness (QED) is 0.839. The van der Waals surface area contributed by atoms with Crippen molar-refractivity contribution in [1.29, 1.82) is 0 Å². The number of nitrogens with one attached hydrogen (secondary N) is 1. The molecule has 0 aliphatic heterocycles. The fourth-order valence-corrected chi connectivity index (χ4v) is 3.48. The van der Waals surface area contributed by atoms with Gasteiger partial charge in [0.15, 0.2) is 10.7 Å². The molecule has 25 heavy (non-hydrogen) atoms. The molecule has 0 aliphatic rings. The third kappa shape index (κ3) is 4.43. The Labute approximate surface area is 145 Å². The Bertz CT molecular complexity index is 870. The summed E-state index contributed by atoms with van der Waals surface area (Å²) in [6.45, 7) is 6.45. The van der Waals surface area contributed by atoms with Crippen LogP contribution < -0.4 is 4.72 Å². The minimum absolute atomic E-state index is 0.000841. The van der Waals surface area contributed by atoms with E-state index in [0.29, 0.717) is 0 Å². The van der Waals surface area contributed by atoms with Crippen LogP contribution in [-0.4, -0.2) is 25.6 Å². The van der Waals surface area contributed by atoms with E-state index in [1.807, 2.05) is 4.72 Å². The zero-order valence-electron chi connectivity index (χ0n) is 14.3. The number of carbonyl (C=O) groups is 1. The van der Waals surface area contributed by atoms with Crippen LogP contribution in [0.3, 0.4) is 0 Å². The van der Waals surface area contributed by atoms with Gasteiger partial charge < -0.3 is 9.26 Å². The van der Waals surface area contributed by atoms with Crippen molar-refractivity contribution in [1.82, 2.24) is 9.88 Å². The highest BCUT2D eigenvalue weighted by molar-refractivity contribution is 7.90. The molecular weight excluding hydrogens is 351 g/mol. The van der Waals surface area contributed by atoms with Crippen LogP contribution in [0.2, 0.25) is 0 Å². The highest BCUT2D eigenvalue weighted by Gasteiger charge is 2.26. The van der Waals surface area contributed by atoms with Crippen LogP contribution in [0, 0.1) is 19.7 Å². The topological polar surface area (TPSA) is 98.5 Å². The van der Waals surface area contributed by atoms with Crippen LogP contribution in [0.1, 0.15) is 41.2 Å². The summed E-state index contributed by atoms with van der Waals surface area (Å²) in [6.07, 6.45) is -0.114. The number of aryl methyl sites for hydroxylation is 2. The van der Waals surface area contributed by atoms with Gasteiger partial charge in [0, 0.05) is 11.1 Å². The average Bonchev–Trinajstić information content (AvgIpc) is 2.85. The van der Waals surface area contributed by atoms with Gasteiger partial charge in [-0.1, -0.05) is 5.16 Å². The molecule has 0 aliphatic carbocycles. The van der Waals surface area contributed by atoms with E-state index in [9.17, 15) is 17.6 Å². The summed E-state index contributed by atoms with van der Waals surface area (Å²) in [5.41, 5.74) is 0.304. The standard InChI is InChI=1S/C16H19FN2O5S/c1-9(2)23-8-13-7-12(5-6-14(13)17)16(20)19-25(21,22)15-10(3)18-24-11(15)4/h5-7,9H,8H2,1-4H3,(H,19,20). The fourth-order valence-electron chi connectivity index (χ4n) is 2.17. The zero-order chi connectivity index (χ0) is 18.8. The molecule has 136 valence electrons. The van der Waals surface area contributed by atoms with Gasteiger partial charge in [0.25, 0.3) is 15.9 Å². The van der Waals surface area contributed by atoms with Crippen molar-refractivity contribution in [3.8, 4) is 0 Å². The van der Waals surface area contributed by atoms with Gasteiger partial charge in [-0.25, -0.2) is 17.5 Å². The third-order valence-corrected chi connectivity index (χ3v) is 4.92. The van der Waals surface area contributed by atoms with Crippen molar-refractivity contribution in [3.05, 3.63) is 46.6 Å². The van der Waals surface area contributed by atoms with Crippen LogP contribution in [0.25, 0.3) is 0 Å². The van der Waals surface area contributed by atoms with Crippen LogP contribution in [-0.2, 0) is 21.4 Å². The third-order valence-electron chi connectivity index (χ3n) is 3.34. The van der Waals surface area contributed by atoms with E-state index in [0.717, 1.165) is 6.07 Å². The molecule has 2 rings (SSSR count). The number of benzene rings is 1. The van der Waals surface area contributed by atoms with Gasteiger partial charge in [-0.15, -0.1) is 0 Å². The molecule has 0 saturated heterocycles. The lowest BCUT2D eigenvalue weighted by atomic mass is 10.1. The number of carbonyl (C=O) groups excluding carboxylic acids is 1. The number of ether oxygens (including phenoxy) is 1. The molecule has 9 heteroatoms. The zero-order valence-corrected chi connectivity index (χ0v) is 15.1. The summed E-state index contributed by atoms with van der Waals surface area (Å²) in [6, 6.07) is 3.55. The lowest BCUT2D eigenvalue weighted by Gasteiger charge is -2.10. The molecule has 1 aromatic carbocycles. The summed E-state index contributed by atoms with van der Waals surface area (Å²) in [5, 5.41) is 3.56. The maximum absolute atomic E-state index is 13.8. The largest absolute Gasteiger partial charge is 0.374 e. The molecule has 0 radical (unpaired) electrons. The van der Waals surface area contributed by atoms with Crippen LogP contribution >= 0.6 is 0 Å². The first-order chi connectivity index (χ1) is 11.6. The monoisotopic (exact) mass is 370 g/mol. The van der Waals surface area contributed by atoms with E-state index in [1.165, 1.54) is 26.0 Å². The second kappa shape index (κ2) is 7.32. The Morgan fingerprint density at radius 3 is 2.60 bits per heavy atom. The highest BCUT2D eigenvalue weighted by Crippen LogP contribution is 2.19. The number of halogens is 1. The molecule has 7 nitrogen and oxygen atoms in total. The van der Waals surface area contributed by atoms with Crippen LogP contribution in [0.5, 0.6) is 0 Å². The van der Waals surface area contributed by atoms with Crippen LogP contribution in [0.15, 0.2) is 27.6 Å². The van der Waals surface area contributed by atoms with E-state index in [1.54, 1.807) is 13.8 Å². The molecule has 1 heterocycles. The first kappa shape index (κ1) is 19.1. The molecule has 1 N–H and O–H groups in total. The second-order valence-corrected chi connectivity index (χ2v) is 7.37. The average molecular weight is 370 g/mol. The van der Waals surface area contributed by atoms with Crippen molar-refractivity contribution in [2.75, 3.05) is 0 Å². The lowest BCUT2D eigenvalue weighted by Crippen LogP contribution is -2.31. The van der Waals surface area contributed by atoms with Crippen molar-refractivity contribution >= 4 is 15.9 Å². The summed E-state index contributed by atoms with van der Waals surface area (Å²) in [4.78, 5) is 12.1. The minimum atomic E-state index is -4.16. The summed E-state index contributed by atoms with van der Waals surface area (Å²) in [7, 11) is -4.16. The number of aromatic nitrogens is 1. The van der Waals surface area contributed by atoms with Crippen molar-refractivity contribution in [2.24, 2.45) is 0 Å². The van der Waals surface area contributed by atoms with Gasteiger partial charge in [-0.05, 0) is 45.9 Å². The molecule has 0 unspecified atom stereocenters. The summed E-state index contributed by atoms with van der Waals surface area (Å²) < 4.78 is 50.6. The number of amides is 1. The molecular formula is C16H19FN2O5S. The maximum Gasteiger partial charge on any atom is 0.269 e. The smallest absolute Gasteiger partial charge is 0.269 e. The van der Waals surface area contributed by atoms with Gasteiger partial charge in [-0.2, -0.15) is 0 Å². The number of hydrogen-bond donors (Lipinski definition) is 1. The van der Waals surface area contributed by atoms with Crippen molar-refractivity contribution in [2.45, 2.75) is 45.3 Å². The van der Waals surface area contributed by atoms with Crippen LogP contribution in [0.4, 0.5) is 4.39 Å². The van der Waals surface area contributed by atoms with Crippen molar-refractivity contribution < 1.29 is 26.9 Å². The van der Waals surface area contributed by atoms with Gasteiger partial charge in [-0.3, -0.25) is 4.79 Å². The molecule has 0 atom stereocenters. The van der Waals surface area contributed by atoms with Gasteiger partial charge in [0.1, 0.15) is 11.5 Å². The van der Waals surface area contributed by atoms with Gasteiger partial charge >= 0.3 is 0 Å². The van der Waals surface area contributed by atoms with E-state index in [2.05, 4.69) is 5.16 Å². The van der Waals surface area contributed by atoms with E-state index in [-0.39, 0.29) is 40.2 Å². The number of rotatable bonds is 6. The maximum atomic E-state index is 13.8. The van der Waals surface area contributed by atoms with E-state index >= 15 is 0 Å². The summed E-state index contributed by atoms with van der Waals surface area (Å²) in [5.74, 6) is -1.35. The van der Waals surface area contributed by atoms with Gasteiger partial charge in [0.2, 0.25) is 0 Å². The first-order valence-corrected chi connectivity index (χ1v) is 9.00. The molecule has 1 amide bonds. The number of hydrogen-bond acceptors (Lipinski definition) is 6. The molecule has 1 aromatic heterocycles. The predicted octanol–water partition coefficient (Wildman–Crippen LogP) is 2.47. The first-order valence-electron chi connectivity index (χ1n) is 7.52. The molecule has 0 fully saturated rings. The molecule has 0 saturated carbocycles. The molecule has 2 aromatic rings. The normalized spacial score (nSPS) is 11.8.